The summed E-state index contributed by atoms with van der Waals surface area (Å²) in [6.45, 7) is 1.93. The van der Waals surface area contributed by atoms with Crippen molar-refractivity contribution in [2.45, 2.75) is 25.9 Å². The molecule has 70 valence electrons. The summed E-state index contributed by atoms with van der Waals surface area (Å²) in [5, 5.41) is 9.01. The first-order chi connectivity index (χ1) is 5.56. The Labute approximate surface area is 70.5 Å². The van der Waals surface area contributed by atoms with E-state index in [4.69, 9.17) is 10.8 Å². The second kappa shape index (κ2) is 5.54. The molecular formula is C7H13NO4. The van der Waals surface area contributed by atoms with Crippen molar-refractivity contribution in [1.82, 2.24) is 0 Å². The first kappa shape index (κ1) is 10.9. The molecule has 0 saturated heterocycles. The number of ether oxygens (including phenoxy) is 1. The lowest BCUT2D eigenvalue weighted by Gasteiger charge is -2.06. The number of esters is 1. The number of hydrogen-bond acceptors (Lipinski definition) is 4. The van der Waals surface area contributed by atoms with Gasteiger partial charge in [-0.1, -0.05) is 0 Å². The van der Waals surface area contributed by atoms with Crippen molar-refractivity contribution < 1.29 is 19.4 Å². The maximum Gasteiger partial charge on any atom is 0.308 e. The highest BCUT2D eigenvalue weighted by molar-refractivity contribution is 5.76. The first-order valence-electron chi connectivity index (χ1n) is 3.68. The zero-order valence-corrected chi connectivity index (χ0v) is 6.95. The van der Waals surface area contributed by atoms with Gasteiger partial charge in [-0.3, -0.25) is 9.59 Å². The van der Waals surface area contributed by atoms with Crippen LogP contribution in [0.25, 0.3) is 0 Å². The van der Waals surface area contributed by atoms with Crippen LogP contribution in [0.5, 0.6) is 0 Å². The molecule has 5 heteroatoms. The highest BCUT2D eigenvalue weighted by Crippen LogP contribution is 1.98. The van der Waals surface area contributed by atoms with E-state index in [-0.39, 0.29) is 19.4 Å². The molecule has 0 rings (SSSR count). The summed E-state index contributed by atoms with van der Waals surface area (Å²) in [7, 11) is 0. The Morgan fingerprint density at radius 3 is 2.50 bits per heavy atom. The molecule has 0 spiro atoms. The first-order valence-corrected chi connectivity index (χ1v) is 3.68. The standard InChI is InChI=1S/C7H13NO4/c1-2-12-7(11)4-5(9)3-6(8)10/h5,9H,2-4H2,1H3,(H2,8,10)/t5-/m0/s1. The van der Waals surface area contributed by atoms with Gasteiger partial charge in [0.15, 0.2) is 0 Å². The van der Waals surface area contributed by atoms with Crippen molar-refractivity contribution in [3.05, 3.63) is 0 Å². The number of carbonyl (C=O) groups excluding carboxylic acids is 2. The molecule has 12 heavy (non-hydrogen) atoms. The summed E-state index contributed by atoms with van der Waals surface area (Å²) in [6, 6.07) is 0. The van der Waals surface area contributed by atoms with Crippen LogP contribution in [0.15, 0.2) is 0 Å². The molecule has 0 fully saturated rings. The molecule has 1 atom stereocenters. The highest BCUT2D eigenvalue weighted by Gasteiger charge is 2.13. The predicted octanol–water partition coefficient (Wildman–Crippen LogP) is -0.824. The topological polar surface area (TPSA) is 89.6 Å². The Morgan fingerprint density at radius 1 is 1.50 bits per heavy atom. The third kappa shape index (κ3) is 5.67. The summed E-state index contributed by atoms with van der Waals surface area (Å²) < 4.78 is 4.54. The Kier molecular flexibility index (Phi) is 5.03. The van der Waals surface area contributed by atoms with Gasteiger partial charge >= 0.3 is 5.97 Å². The van der Waals surface area contributed by atoms with Crippen LogP contribution in [0.1, 0.15) is 19.8 Å². The van der Waals surface area contributed by atoms with Crippen molar-refractivity contribution in [2.75, 3.05) is 6.61 Å². The Balaban J connectivity index is 3.61. The maximum atomic E-state index is 10.7. The molecular weight excluding hydrogens is 162 g/mol. The molecule has 0 bridgehead atoms. The van der Waals surface area contributed by atoms with Crippen molar-refractivity contribution in [1.29, 1.82) is 0 Å². The molecule has 5 nitrogen and oxygen atoms in total. The minimum Gasteiger partial charge on any atom is -0.466 e. The van der Waals surface area contributed by atoms with Gasteiger partial charge in [0.05, 0.1) is 25.6 Å². The summed E-state index contributed by atoms with van der Waals surface area (Å²) in [5.74, 6) is -1.15. The van der Waals surface area contributed by atoms with Gasteiger partial charge in [-0.15, -0.1) is 0 Å². The average molecular weight is 175 g/mol. The van der Waals surface area contributed by atoms with E-state index in [0.29, 0.717) is 0 Å². The van der Waals surface area contributed by atoms with Crippen molar-refractivity contribution in [2.24, 2.45) is 5.73 Å². The van der Waals surface area contributed by atoms with Gasteiger partial charge in [0.2, 0.25) is 5.91 Å². The number of aliphatic hydroxyl groups is 1. The fourth-order valence-electron chi connectivity index (χ4n) is 0.717. The van der Waals surface area contributed by atoms with E-state index in [0.717, 1.165) is 0 Å². The number of rotatable bonds is 5. The number of hydrogen-bond donors (Lipinski definition) is 2. The molecule has 0 aromatic carbocycles. The average Bonchev–Trinajstić information content (AvgIpc) is 1.84. The van der Waals surface area contributed by atoms with Crippen LogP contribution in [-0.2, 0) is 14.3 Å². The summed E-state index contributed by atoms with van der Waals surface area (Å²) in [4.78, 5) is 21.0. The quantitative estimate of drug-likeness (QED) is 0.534. The van der Waals surface area contributed by atoms with E-state index in [2.05, 4.69) is 4.74 Å². The van der Waals surface area contributed by atoms with Crippen LogP contribution < -0.4 is 5.73 Å². The van der Waals surface area contributed by atoms with Gasteiger partial charge in [-0.25, -0.2) is 0 Å². The summed E-state index contributed by atoms with van der Waals surface area (Å²) in [5.41, 5.74) is 4.79. The number of nitrogens with two attached hydrogens (primary N) is 1. The fraction of sp³-hybridized carbons (Fsp3) is 0.714. The van der Waals surface area contributed by atoms with Crippen LogP contribution in [-0.4, -0.2) is 29.7 Å². The van der Waals surface area contributed by atoms with E-state index < -0.39 is 18.0 Å². The third-order valence-corrected chi connectivity index (χ3v) is 1.14. The molecule has 0 saturated carbocycles. The van der Waals surface area contributed by atoms with Crippen LogP contribution in [0.3, 0.4) is 0 Å². The monoisotopic (exact) mass is 175 g/mol. The number of carbonyl (C=O) groups is 2. The van der Waals surface area contributed by atoms with Gasteiger partial charge in [-0.2, -0.15) is 0 Å². The van der Waals surface area contributed by atoms with Crippen molar-refractivity contribution in [3.63, 3.8) is 0 Å². The SMILES string of the molecule is CCOC(=O)C[C@@H](O)CC(N)=O. The highest BCUT2D eigenvalue weighted by atomic mass is 16.5. The third-order valence-electron chi connectivity index (χ3n) is 1.14. The van der Waals surface area contributed by atoms with Gasteiger partial charge < -0.3 is 15.6 Å². The summed E-state index contributed by atoms with van der Waals surface area (Å²) >= 11 is 0. The fourth-order valence-corrected chi connectivity index (χ4v) is 0.717. The van der Waals surface area contributed by atoms with Gasteiger partial charge in [-0.05, 0) is 6.92 Å². The van der Waals surface area contributed by atoms with Crippen LogP contribution in [0.2, 0.25) is 0 Å². The van der Waals surface area contributed by atoms with Gasteiger partial charge in [0, 0.05) is 0 Å². The Hall–Kier alpha value is -1.10. The molecule has 3 N–H and O–H groups in total. The summed E-state index contributed by atoms with van der Waals surface area (Å²) in [6.07, 6.45) is -1.42. The Morgan fingerprint density at radius 2 is 2.08 bits per heavy atom. The Bertz CT molecular complexity index is 169. The zero-order valence-electron chi connectivity index (χ0n) is 6.95. The lowest BCUT2D eigenvalue weighted by atomic mass is 10.2. The minimum absolute atomic E-state index is 0.184. The maximum absolute atomic E-state index is 10.7. The van der Waals surface area contributed by atoms with E-state index in [1.165, 1.54) is 0 Å². The van der Waals surface area contributed by atoms with Crippen LogP contribution in [0, 0.1) is 0 Å². The largest absolute Gasteiger partial charge is 0.466 e. The van der Waals surface area contributed by atoms with E-state index in [1.807, 2.05) is 0 Å². The molecule has 0 aromatic rings. The molecule has 0 unspecified atom stereocenters. The lowest BCUT2D eigenvalue weighted by molar-refractivity contribution is -0.145. The normalized spacial score (nSPS) is 12.2. The molecule has 0 aliphatic heterocycles. The van der Waals surface area contributed by atoms with Gasteiger partial charge in [0.25, 0.3) is 0 Å². The molecule has 1 amide bonds. The van der Waals surface area contributed by atoms with Gasteiger partial charge in [0.1, 0.15) is 0 Å². The zero-order chi connectivity index (χ0) is 9.56. The molecule has 0 aromatic heterocycles. The van der Waals surface area contributed by atoms with Crippen molar-refractivity contribution in [3.8, 4) is 0 Å². The van der Waals surface area contributed by atoms with E-state index in [9.17, 15) is 9.59 Å². The van der Waals surface area contributed by atoms with Crippen molar-refractivity contribution >= 4 is 11.9 Å². The van der Waals surface area contributed by atoms with Crippen LogP contribution in [0.4, 0.5) is 0 Å². The predicted molar refractivity (Wildman–Crippen MR) is 41.1 cm³/mol. The lowest BCUT2D eigenvalue weighted by Crippen LogP contribution is -2.23. The number of amides is 1. The second-order valence-electron chi connectivity index (χ2n) is 2.33. The molecule has 0 radical (unpaired) electrons. The number of primary amides is 1. The van der Waals surface area contributed by atoms with E-state index >= 15 is 0 Å². The molecule has 0 heterocycles. The van der Waals surface area contributed by atoms with Crippen LogP contribution >= 0.6 is 0 Å². The smallest absolute Gasteiger partial charge is 0.308 e. The minimum atomic E-state index is -1.03. The molecule has 0 aliphatic rings. The molecule has 0 aliphatic carbocycles. The van der Waals surface area contributed by atoms with E-state index in [1.54, 1.807) is 6.92 Å². The second-order valence-corrected chi connectivity index (χ2v) is 2.33. The number of aliphatic hydroxyl groups excluding tert-OH is 1.